The Balaban J connectivity index is 1.30. The van der Waals surface area contributed by atoms with Crippen molar-refractivity contribution in [2.24, 2.45) is 0 Å². The highest BCUT2D eigenvalue weighted by Crippen LogP contribution is 2.45. The lowest BCUT2D eigenvalue weighted by Crippen LogP contribution is -2.10. The molecule has 188 valence electrons. The van der Waals surface area contributed by atoms with Gasteiger partial charge in [-0.2, -0.15) is 0 Å². The monoisotopic (exact) mass is 528 g/mol. The molecule has 0 radical (unpaired) electrons. The van der Waals surface area contributed by atoms with Crippen LogP contribution in [0.2, 0.25) is 0 Å². The van der Waals surface area contributed by atoms with E-state index in [0.29, 0.717) is 0 Å². The predicted octanol–water partition coefficient (Wildman–Crippen LogP) is 10.9. The molecule has 0 fully saturated rings. The fraction of sp³-hybridized carbons (Fsp3) is 0. The summed E-state index contributed by atoms with van der Waals surface area (Å²) in [5.41, 5.74) is 6.85. The van der Waals surface area contributed by atoms with Gasteiger partial charge in [0.15, 0.2) is 0 Å². The average Bonchev–Trinajstić information content (AvgIpc) is 3.42. The zero-order valence-corrected chi connectivity index (χ0v) is 22.5. The van der Waals surface area contributed by atoms with Crippen molar-refractivity contribution >= 4 is 70.2 Å². The molecular formula is C37H24N2S. The quantitative estimate of drug-likeness (QED) is 0.226. The second kappa shape index (κ2) is 9.33. The summed E-state index contributed by atoms with van der Waals surface area (Å²) < 4.78 is 2.48. The van der Waals surface area contributed by atoms with E-state index in [-0.39, 0.29) is 0 Å². The Morgan fingerprint density at radius 2 is 1.15 bits per heavy atom. The van der Waals surface area contributed by atoms with Crippen molar-refractivity contribution in [1.82, 2.24) is 4.98 Å². The average molecular weight is 529 g/mol. The van der Waals surface area contributed by atoms with E-state index in [1.807, 2.05) is 17.5 Å². The van der Waals surface area contributed by atoms with Crippen LogP contribution in [0.5, 0.6) is 0 Å². The number of nitrogens with zero attached hydrogens (tertiary/aromatic N) is 2. The van der Waals surface area contributed by atoms with Crippen molar-refractivity contribution in [3.05, 3.63) is 146 Å². The number of benzene rings is 6. The zero-order valence-electron chi connectivity index (χ0n) is 21.7. The second-order valence-electron chi connectivity index (χ2n) is 10.1. The molecule has 0 N–H and O–H groups in total. The van der Waals surface area contributed by atoms with E-state index in [0.717, 1.165) is 22.6 Å². The topological polar surface area (TPSA) is 16.1 Å². The van der Waals surface area contributed by atoms with Crippen LogP contribution in [0.4, 0.5) is 17.1 Å². The molecular weight excluding hydrogens is 504 g/mol. The maximum atomic E-state index is 4.87. The van der Waals surface area contributed by atoms with Crippen molar-refractivity contribution in [2.45, 2.75) is 0 Å². The Labute approximate surface area is 236 Å². The van der Waals surface area contributed by atoms with Gasteiger partial charge in [0.1, 0.15) is 0 Å². The molecule has 0 atom stereocenters. The minimum atomic E-state index is 1.05. The van der Waals surface area contributed by atoms with Crippen molar-refractivity contribution in [1.29, 1.82) is 0 Å². The van der Waals surface area contributed by atoms with Gasteiger partial charge in [-0.15, -0.1) is 11.3 Å². The highest BCUT2D eigenvalue weighted by Gasteiger charge is 2.19. The summed E-state index contributed by atoms with van der Waals surface area (Å²) >= 11 is 1.83. The van der Waals surface area contributed by atoms with Gasteiger partial charge in [-0.1, -0.05) is 103 Å². The number of rotatable bonds is 4. The maximum Gasteiger partial charge on any atom is 0.0909 e. The Hall–Kier alpha value is -4.99. The van der Waals surface area contributed by atoms with Crippen LogP contribution >= 0.6 is 11.3 Å². The summed E-state index contributed by atoms with van der Waals surface area (Å²) in [6, 6.07) is 49.9. The van der Waals surface area contributed by atoms with Crippen molar-refractivity contribution in [3.63, 3.8) is 0 Å². The standard InChI is InChI=1S/C37H24N2S/c1-2-11-30(12-3-1)39(31-19-16-26(17-20-31)29-15-14-25-8-4-5-10-28(25)24-29)34-22-23-38-35-33-21-18-27-9-6-7-13-32(27)36(33)40-37(34)35/h1-24H. The Bertz CT molecular complexity index is 2160. The van der Waals surface area contributed by atoms with Crippen LogP contribution in [0, 0.1) is 0 Å². The molecule has 0 spiro atoms. The lowest BCUT2D eigenvalue weighted by atomic mass is 10.0. The summed E-state index contributed by atoms with van der Waals surface area (Å²) in [6.45, 7) is 0. The molecule has 0 aliphatic rings. The van der Waals surface area contributed by atoms with E-state index < -0.39 is 0 Å². The van der Waals surface area contributed by atoms with Gasteiger partial charge in [0.05, 0.1) is 15.9 Å². The summed E-state index contributed by atoms with van der Waals surface area (Å²) in [5, 5.41) is 6.26. The molecule has 6 aromatic carbocycles. The summed E-state index contributed by atoms with van der Waals surface area (Å²) in [5.74, 6) is 0. The van der Waals surface area contributed by atoms with Gasteiger partial charge in [-0.25, -0.2) is 0 Å². The van der Waals surface area contributed by atoms with Crippen LogP contribution in [-0.4, -0.2) is 4.98 Å². The first-order chi connectivity index (χ1) is 19.8. The molecule has 8 rings (SSSR count). The van der Waals surface area contributed by atoms with E-state index in [1.54, 1.807) is 0 Å². The first-order valence-corrected chi connectivity index (χ1v) is 14.3. The molecule has 0 saturated heterocycles. The SMILES string of the molecule is c1ccc(N(c2ccc(-c3ccc4ccccc4c3)cc2)c2ccnc3c2sc2c4ccccc4ccc32)cc1. The van der Waals surface area contributed by atoms with Gasteiger partial charge < -0.3 is 4.90 Å². The van der Waals surface area contributed by atoms with E-state index in [1.165, 1.54) is 47.5 Å². The van der Waals surface area contributed by atoms with Crippen LogP contribution in [0.1, 0.15) is 0 Å². The largest absolute Gasteiger partial charge is 0.309 e. The van der Waals surface area contributed by atoms with E-state index >= 15 is 0 Å². The molecule has 2 nitrogen and oxygen atoms in total. The Morgan fingerprint density at radius 3 is 2.00 bits per heavy atom. The minimum Gasteiger partial charge on any atom is -0.309 e. The highest BCUT2D eigenvalue weighted by molar-refractivity contribution is 7.27. The summed E-state index contributed by atoms with van der Waals surface area (Å²) in [6.07, 6.45) is 1.94. The molecule has 0 saturated carbocycles. The zero-order chi connectivity index (χ0) is 26.5. The summed E-state index contributed by atoms with van der Waals surface area (Å²) in [7, 11) is 0. The predicted molar refractivity (Wildman–Crippen MR) is 172 cm³/mol. The first-order valence-electron chi connectivity index (χ1n) is 13.5. The number of aromatic nitrogens is 1. The molecule has 2 heterocycles. The number of hydrogen-bond acceptors (Lipinski definition) is 3. The molecule has 3 heteroatoms. The van der Waals surface area contributed by atoms with Gasteiger partial charge in [-0.05, 0) is 69.1 Å². The number of anilines is 3. The van der Waals surface area contributed by atoms with Crippen LogP contribution < -0.4 is 4.90 Å². The lowest BCUT2D eigenvalue weighted by molar-refractivity contribution is 1.29. The van der Waals surface area contributed by atoms with Crippen LogP contribution in [0.25, 0.3) is 53.0 Å². The highest BCUT2D eigenvalue weighted by atomic mass is 32.1. The van der Waals surface area contributed by atoms with E-state index in [2.05, 4.69) is 144 Å². The first kappa shape index (κ1) is 22.9. The molecule has 2 aromatic heterocycles. The summed E-state index contributed by atoms with van der Waals surface area (Å²) in [4.78, 5) is 7.22. The Morgan fingerprint density at radius 1 is 0.475 bits per heavy atom. The number of pyridine rings is 1. The van der Waals surface area contributed by atoms with Gasteiger partial charge in [-0.3, -0.25) is 4.98 Å². The molecule has 0 aliphatic carbocycles. The Kier molecular flexibility index (Phi) is 5.35. The minimum absolute atomic E-state index is 1.05. The number of fused-ring (bicyclic) bond motifs is 6. The molecule has 8 aromatic rings. The van der Waals surface area contributed by atoms with Crippen LogP contribution in [0.3, 0.4) is 0 Å². The number of thiophene rings is 1. The van der Waals surface area contributed by atoms with Gasteiger partial charge >= 0.3 is 0 Å². The van der Waals surface area contributed by atoms with Gasteiger partial charge in [0, 0.05) is 27.7 Å². The van der Waals surface area contributed by atoms with Crippen molar-refractivity contribution < 1.29 is 0 Å². The number of para-hydroxylation sites is 1. The third-order valence-corrected chi connectivity index (χ3v) is 8.94. The van der Waals surface area contributed by atoms with E-state index in [4.69, 9.17) is 4.98 Å². The fourth-order valence-electron chi connectivity index (χ4n) is 5.72. The third kappa shape index (κ3) is 3.75. The third-order valence-electron chi connectivity index (χ3n) is 7.69. The van der Waals surface area contributed by atoms with Gasteiger partial charge in [0.2, 0.25) is 0 Å². The number of hydrogen-bond donors (Lipinski definition) is 0. The smallest absolute Gasteiger partial charge is 0.0909 e. The molecule has 0 aliphatic heterocycles. The molecule has 0 amide bonds. The van der Waals surface area contributed by atoms with E-state index in [9.17, 15) is 0 Å². The van der Waals surface area contributed by atoms with Crippen LogP contribution in [-0.2, 0) is 0 Å². The molecule has 40 heavy (non-hydrogen) atoms. The molecule has 0 bridgehead atoms. The lowest BCUT2D eigenvalue weighted by Gasteiger charge is -2.26. The molecule has 0 unspecified atom stereocenters. The van der Waals surface area contributed by atoms with Crippen molar-refractivity contribution in [3.8, 4) is 11.1 Å². The van der Waals surface area contributed by atoms with Crippen LogP contribution in [0.15, 0.2) is 146 Å². The van der Waals surface area contributed by atoms with Gasteiger partial charge in [0.25, 0.3) is 0 Å². The normalized spacial score (nSPS) is 11.5. The maximum absolute atomic E-state index is 4.87. The second-order valence-corrected chi connectivity index (χ2v) is 11.1. The van der Waals surface area contributed by atoms with Crippen molar-refractivity contribution in [2.75, 3.05) is 4.90 Å². The fourth-order valence-corrected chi connectivity index (χ4v) is 7.02.